The largest absolute Gasteiger partial charge is 0.497 e. The van der Waals surface area contributed by atoms with E-state index in [1.165, 1.54) is 0 Å². The monoisotopic (exact) mass is 218 g/mol. The lowest BCUT2D eigenvalue weighted by molar-refractivity contribution is 0.415. The van der Waals surface area contributed by atoms with Gasteiger partial charge < -0.3 is 10.2 Å². The SMILES string of the molecule is CCc1nc(NN)c2cc(OC)ccc2n1. The number of nitrogens with zero attached hydrogens (tertiary/aromatic N) is 2. The molecule has 0 amide bonds. The molecule has 1 heterocycles. The van der Waals surface area contributed by atoms with Gasteiger partial charge in [0.25, 0.3) is 0 Å². The summed E-state index contributed by atoms with van der Waals surface area (Å²) in [5.74, 6) is 7.61. The van der Waals surface area contributed by atoms with E-state index in [1.807, 2.05) is 25.1 Å². The summed E-state index contributed by atoms with van der Waals surface area (Å²) in [5.41, 5.74) is 3.45. The number of fused-ring (bicyclic) bond motifs is 1. The van der Waals surface area contributed by atoms with E-state index in [0.717, 1.165) is 28.9 Å². The Morgan fingerprint density at radius 1 is 1.38 bits per heavy atom. The van der Waals surface area contributed by atoms with E-state index >= 15 is 0 Å². The molecule has 0 fully saturated rings. The molecule has 0 radical (unpaired) electrons. The highest BCUT2D eigenvalue weighted by Gasteiger charge is 2.06. The minimum atomic E-state index is 0.626. The highest BCUT2D eigenvalue weighted by atomic mass is 16.5. The second kappa shape index (κ2) is 4.32. The first kappa shape index (κ1) is 10.6. The van der Waals surface area contributed by atoms with Crippen molar-refractivity contribution in [2.45, 2.75) is 13.3 Å². The van der Waals surface area contributed by atoms with Crippen molar-refractivity contribution in [3.05, 3.63) is 24.0 Å². The predicted octanol–water partition coefficient (Wildman–Crippen LogP) is 1.49. The van der Waals surface area contributed by atoms with E-state index in [-0.39, 0.29) is 0 Å². The smallest absolute Gasteiger partial charge is 0.151 e. The molecule has 16 heavy (non-hydrogen) atoms. The van der Waals surface area contributed by atoms with Gasteiger partial charge in [0.1, 0.15) is 11.6 Å². The number of nitrogens with two attached hydrogens (primary N) is 1. The fraction of sp³-hybridized carbons (Fsp3) is 0.273. The number of methoxy groups -OCH3 is 1. The molecule has 3 N–H and O–H groups in total. The molecule has 0 aliphatic heterocycles. The average Bonchev–Trinajstić information content (AvgIpc) is 2.36. The number of hydrogen-bond donors (Lipinski definition) is 2. The van der Waals surface area contributed by atoms with Crippen LogP contribution in [0.3, 0.4) is 0 Å². The summed E-state index contributed by atoms with van der Waals surface area (Å²) < 4.78 is 5.15. The van der Waals surface area contributed by atoms with Gasteiger partial charge in [-0.1, -0.05) is 6.92 Å². The van der Waals surface area contributed by atoms with Crippen molar-refractivity contribution in [2.75, 3.05) is 12.5 Å². The topological polar surface area (TPSA) is 73.1 Å². The number of ether oxygens (including phenoxy) is 1. The van der Waals surface area contributed by atoms with Crippen LogP contribution in [0.2, 0.25) is 0 Å². The quantitative estimate of drug-likeness (QED) is 0.603. The van der Waals surface area contributed by atoms with Crippen LogP contribution in [0, 0.1) is 0 Å². The Kier molecular flexibility index (Phi) is 2.87. The molecule has 84 valence electrons. The van der Waals surface area contributed by atoms with Crippen LogP contribution >= 0.6 is 0 Å². The van der Waals surface area contributed by atoms with Gasteiger partial charge in [0.15, 0.2) is 5.82 Å². The van der Waals surface area contributed by atoms with Crippen LogP contribution in [0.1, 0.15) is 12.7 Å². The van der Waals surface area contributed by atoms with Crippen LogP contribution in [-0.4, -0.2) is 17.1 Å². The molecule has 0 aliphatic rings. The number of aryl methyl sites for hydroxylation is 1. The van der Waals surface area contributed by atoms with Gasteiger partial charge in [-0.05, 0) is 18.2 Å². The summed E-state index contributed by atoms with van der Waals surface area (Å²) in [6.07, 6.45) is 0.774. The molecular formula is C11H14N4O. The lowest BCUT2D eigenvalue weighted by Crippen LogP contribution is -2.11. The second-order valence-electron chi connectivity index (χ2n) is 3.37. The van der Waals surface area contributed by atoms with E-state index in [1.54, 1.807) is 7.11 Å². The number of hydrogen-bond acceptors (Lipinski definition) is 5. The van der Waals surface area contributed by atoms with E-state index in [9.17, 15) is 0 Å². The molecule has 2 aromatic rings. The summed E-state index contributed by atoms with van der Waals surface area (Å²) in [5, 5.41) is 0.860. The number of anilines is 1. The van der Waals surface area contributed by atoms with Gasteiger partial charge in [-0.15, -0.1) is 0 Å². The van der Waals surface area contributed by atoms with Gasteiger partial charge in [-0.2, -0.15) is 0 Å². The number of nitrogen functional groups attached to an aromatic ring is 1. The van der Waals surface area contributed by atoms with Gasteiger partial charge in [-0.3, -0.25) is 0 Å². The molecular weight excluding hydrogens is 204 g/mol. The lowest BCUT2D eigenvalue weighted by Gasteiger charge is -2.08. The Bertz CT molecular complexity index is 513. The minimum absolute atomic E-state index is 0.626. The molecule has 1 aromatic carbocycles. The second-order valence-corrected chi connectivity index (χ2v) is 3.37. The van der Waals surface area contributed by atoms with Gasteiger partial charge in [0.05, 0.1) is 12.6 Å². The van der Waals surface area contributed by atoms with Crippen molar-refractivity contribution in [1.29, 1.82) is 0 Å². The molecule has 0 saturated heterocycles. The van der Waals surface area contributed by atoms with Crippen molar-refractivity contribution in [3.8, 4) is 5.75 Å². The summed E-state index contributed by atoms with van der Waals surface area (Å²) in [7, 11) is 1.62. The van der Waals surface area contributed by atoms with E-state index in [0.29, 0.717) is 5.82 Å². The molecule has 2 rings (SSSR count). The Morgan fingerprint density at radius 2 is 2.19 bits per heavy atom. The lowest BCUT2D eigenvalue weighted by atomic mass is 10.2. The Morgan fingerprint density at radius 3 is 2.81 bits per heavy atom. The molecule has 5 nitrogen and oxygen atoms in total. The third-order valence-electron chi connectivity index (χ3n) is 2.40. The zero-order chi connectivity index (χ0) is 11.5. The van der Waals surface area contributed by atoms with E-state index < -0.39 is 0 Å². The van der Waals surface area contributed by atoms with E-state index in [2.05, 4.69) is 15.4 Å². The van der Waals surface area contributed by atoms with Crippen LogP contribution in [0.4, 0.5) is 5.82 Å². The highest BCUT2D eigenvalue weighted by Crippen LogP contribution is 2.24. The fourth-order valence-electron chi connectivity index (χ4n) is 1.55. The maximum Gasteiger partial charge on any atom is 0.151 e. The zero-order valence-electron chi connectivity index (χ0n) is 9.32. The van der Waals surface area contributed by atoms with Crippen molar-refractivity contribution >= 4 is 16.7 Å². The Balaban J connectivity index is 2.69. The summed E-state index contributed by atoms with van der Waals surface area (Å²) in [6, 6.07) is 5.63. The van der Waals surface area contributed by atoms with Crippen molar-refractivity contribution < 1.29 is 4.74 Å². The number of rotatable bonds is 3. The molecule has 0 aliphatic carbocycles. The minimum Gasteiger partial charge on any atom is -0.497 e. The van der Waals surface area contributed by atoms with Gasteiger partial charge in [0, 0.05) is 11.8 Å². The van der Waals surface area contributed by atoms with Crippen LogP contribution in [0.5, 0.6) is 5.75 Å². The van der Waals surface area contributed by atoms with E-state index in [4.69, 9.17) is 10.6 Å². The number of hydrazine groups is 1. The number of benzene rings is 1. The van der Waals surface area contributed by atoms with Crippen LogP contribution in [0.25, 0.3) is 10.9 Å². The average molecular weight is 218 g/mol. The highest BCUT2D eigenvalue weighted by molar-refractivity contribution is 5.90. The Labute approximate surface area is 93.6 Å². The zero-order valence-corrected chi connectivity index (χ0v) is 9.32. The third-order valence-corrected chi connectivity index (χ3v) is 2.40. The molecule has 0 unspecified atom stereocenters. The van der Waals surface area contributed by atoms with Gasteiger partial charge >= 0.3 is 0 Å². The molecule has 0 saturated carbocycles. The normalized spacial score (nSPS) is 10.4. The fourth-order valence-corrected chi connectivity index (χ4v) is 1.55. The maximum atomic E-state index is 5.45. The van der Waals surface area contributed by atoms with Crippen LogP contribution in [-0.2, 0) is 6.42 Å². The predicted molar refractivity (Wildman–Crippen MR) is 63.3 cm³/mol. The summed E-state index contributed by atoms with van der Waals surface area (Å²) >= 11 is 0. The molecule has 0 spiro atoms. The van der Waals surface area contributed by atoms with Gasteiger partial charge in [0.2, 0.25) is 0 Å². The Hall–Kier alpha value is -1.88. The summed E-state index contributed by atoms with van der Waals surface area (Å²) in [6.45, 7) is 2.00. The standard InChI is InChI=1S/C11H14N4O/c1-3-10-13-9-5-4-7(16-2)6-8(9)11(14-10)15-12/h4-6H,3,12H2,1-2H3,(H,13,14,15). The first-order valence-electron chi connectivity index (χ1n) is 5.09. The number of aromatic nitrogens is 2. The van der Waals surface area contributed by atoms with Gasteiger partial charge in [-0.25, -0.2) is 15.8 Å². The molecule has 0 atom stereocenters. The maximum absolute atomic E-state index is 5.45. The molecule has 5 heteroatoms. The van der Waals surface area contributed by atoms with Crippen molar-refractivity contribution in [2.24, 2.45) is 5.84 Å². The molecule has 1 aromatic heterocycles. The number of nitrogens with one attached hydrogen (secondary N) is 1. The van der Waals surface area contributed by atoms with Crippen molar-refractivity contribution in [3.63, 3.8) is 0 Å². The molecule has 0 bridgehead atoms. The van der Waals surface area contributed by atoms with Crippen molar-refractivity contribution in [1.82, 2.24) is 9.97 Å². The third kappa shape index (κ3) is 1.77. The first-order valence-corrected chi connectivity index (χ1v) is 5.09. The summed E-state index contributed by atoms with van der Waals surface area (Å²) in [4.78, 5) is 8.73. The van der Waals surface area contributed by atoms with Crippen LogP contribution in [0.15, 0.2) is 18.2 Å². The first-order chi connectivity index (χ1) is 7.78. The van der Waals surface area contributed by atoms with Crippen LogP contribution < -0.4 is 16.0 Å².